The highest BCUT2D eigenvalue weighted by atomic mass is 19.2. The van der Waals surface area contributed by atoms with E-state index >= 15 is 0 Å². The summed E-state index contributed by atoms with van der Waals surface area (Å²) in [6.07, 6.45) is 4.09. The fourth-order valence-electron chi connectivity index (χ4n) is 2.04. The lowest BCUT2D eigenvalue weighted by Gasteiger charge is -2.18. The first-order chi connectivity index (χ1) is 9.20. The fourth-order valence-corrected chi connectivity index (χ4v) is 2.04. The average molecular weight is 262 g/mol. The third-order valence-electron chi connectivity index (χ3n) is 2.96. The molecule has 0 amide bonds. The van der Waals surface area contributed by atoms with E-state index in [-0.39, 0.29) is 6.04 Å². The van der Waals surface area contributed by atoms with Crippen LogP contribution in [0.25, 0.3) is 0 Å². The zero-order chi connectivity index (χ0) is 13.7. The highest BCUT2D eigenvalue weighted by Crippen LogP contribution is 2.19. The van der Waals surface area contributed by atoms with Gasteiger partial charge in [-0.05, 0) is 42.3 Å². The molecule has 1 N–H and O–H groups in total. The third-order valence-corrected chi connectivity index (χ3v) is 2.96. The van der Waals surface area contributed by atoms with Crippen molar-refractivity contribution >= 4 is 0 Å². The van der Waals surface area contributed by atoms with Gasteiger partial charge in [0.25, 0.3) is 0 Å². The maximum Gasteiger partial charge on any atom is 0.159 e. The van der Waals surface area contributed by atoms with Gasteiger partial charge in [0.05, 0.1) is 0 Å². The molecule has 0 aliphatic heterocycles. The van der Waals surface area contributed by atoms with Crippen LogP contribution in [0.4, 0.5) is 8.78 Å². The highest BCUT2D eigenvalue weighted by Gasteiger charge is 2.12. The first-order valence-corrected chi connectivity index (χ1v) is 6.28. The number of likely N-dealkylation sites (N-methyl/N-ethyl adjacent to an activating group) is 1. The molecule has 0 radical (unpaired) electrons. The topological polar surface area (TPSA) is 24.9 Å². The first kappa shape index (κ1) is 13.6. The van der Waals surface area contributed by atoms with E-state index in [9.17, 15) is 8.78 Å². The summed E-state index contributed by atoms with van der Waals surface area (Å²) >= 11 is 0. The van der Waals surface area contributed by atoms with E-state index in [0.29, 0.717) is 6.42 Å². The van der Waals surface area contributed by atoms with E-state index in [1.807, 2.05) is 19.1 Å². The smallest absolute Gasteiger partial charge is 0.159 e. The maximum atomic E-state index is 13.2. The predicted octanol–water partition coefficient (Wildman–Crippen LogP) is 3.25. The summed E-state index contributed by atoms with van der Waals surface area (Å²) in [6, 6.07) is 7.90. The zero-order valence-corrected chi connectivity index (χ0v) is 10.7. The molecule has 0 spiro atoms. The molecule has 0 fully saturated rings. The highest BCUT2D eigenvalue weighted by molar-refractivity contribution is 5.22. The molecule has 0 bridgehead atoms. The van der Waals surface area contributed by atoms with E-state index < -0.39 is 11.6 Å². The summed E-state index contributed by atoms with van der Waals surface area (Å²) in [4.78, 5) is 4.09. The lowest BCUT2D eigenvalue weighted by molar-refractivity contribution is 0.502. The molecule has 1 heterocycles. The summed E-state index contributed by atoms with van der Waals surface area (Å²) in [5.41, 5.74) is 1.79. The van der Waals surface area contributed by atoms with Crippen molar-refractivity contribution in [3.8, 4) is 0 Å². The number of hydrogen-bond donors (Lipinski definition) is 1. The molecule has 2 aromatic rings. The van der Waals surface area contributed by atoms with Crippen molar-refractivity contribution in [3.63, 3.8) is 0 Å². The molecule has 2 rings (SSSR count). The molecule has 0 aliphatic rings. The number of rotatable bonds is 5. The van der Waals surface area contributed by atoms with Gasteiger partial charge in [-0.3, -0.25) is 4.98 Å². The Morgan fingerprint density at radius 2 is 2.05 bits per heavy atom. The van der Waals surface area contributed by atoms with Crippen molar-refractivity contribution in [2.45, 2.75) is 19.4 Å². The number of aromatic nitrogens is 1. The molecule has 1 aromatic heterocycles. The Morgan fingerprint density at radius 3 is 2.68 bits per heavy atom. The van der Waals surface area contributed by atoms with Crippen molar-refractivity contribution < 1.29 is 8.78 Å². The van der Waals surface area contributed by atoms with Crippen LogP contribution in [0.3, 0.4) is 0 Å². The van der Waals surface area contributed by atoms with Crippen LogP contribution >= 0.6 is 0 Å². The summed E-state index contributed by atoms with van der Waals surface area (Å²) in [5.74, 6) is -1.62. The first-order valence-electron chi connectivity index (χ1n) is 6.28. The van der Waals surface area contributed by atoms with E-state index in [0.717, 1.165) is 23.7 Å². The number of pyridine rings is 1. The van der Waals surface area contributed by atoms with E-state index in [2.05, 4.69) is 10.3 Å². The normalized spacial score (nSPS) is 12.4. The molecule has 1 aromatic carbocycles. The van der Waals surface area contributed by atoms with Gasteiger partial charge in [0.15, 0.2) is 11.6 Å². The number of halogens is 2. The Balaban J connectivity index is 2.19. The van der Waals surface area contributed by atoms with Crippen LogP contribution < -0.4 is 5.32 Å². The molecule has 100 valence electrons. The second kappa shape index (κ2) is 6.38. The van der Waals surface area contributed by atoms with Crippen molar-refractivity contribution in [2.24, 2.45) is 0 Å². The van der Waals surface area contributed by atoms with Crippen LogP contribution in [0, 0.1) is 11.6 Å². The Morgan fingerprint density at radius 1 is 1.21 bits per heavy atom. The summed E-state index contributed by atoms with van der Waals surface area (Å²) in [5, 5.41) is 3.33. The number of nitrogens with zero attached hydrogens (tertiary/aromatic N) is 1. The Labute approximate surface area is 111 Å². The minimum atomic E-state index is -0.815. The van der Waals surface area contributed by atoms with Gasteiger partial charge >= 0.3 is 0 Å². The second-order valence-corrected chi connectivity index (χ2v) is 4.35. The average Bonchev–Trinajstić information content (AvgIpc) is 2.43. The maximum absolute atomic E-state index is 13.2. The Kier molecular flexibility index (Phi) is 4.58. The SMILES string of the molecule is CCNC(Cc1ccc(F)c(F)c1)c1cccnc1. The van der Waals surface area contributed by atoms with Crippen LogP contribution in [0.2, 0.25) is 0 Å². The van der Waals surface area contributed by atoms with E-state index in [4.69, 9.17) is 0 Å². The van der Waals surface area contributed by atoms with Crippen LogP contribution in [-0.2, 0) is 6.42 Å². The van der Waals surface area contributed by atoms with E-state index in [1.165, 1.54) is 6.07 Å². The molecule has 0 saturated carbocycles. The summed E-state index contributed by atoms with van der Waals surface area (Å²) < 4.78 is 26.1. The molecule has 1 atom stereocenters. The van der Waals surface area contributed by atoms with E-state index in [1.54, 1.807) is 18.5 Å². The molecule has 4 heteroatoms. The minimum absolute atomic E-state index is 0.0450. The van der Waals surface area contributed by atoms with Crippen LogP contribution in [0.15, 0.2) is 42.7 Å². The number of benzene rings is 1. The molecular formula is C15H16F2N2. The van der Waals surface area contributed by atoms with Gasteiger partial charge < -0.3 is 5.32 Å². The van der Waals surface area contributed by atoms with Crippen molar-refractivity contribution in [1.29, 1.82) is 0 Å². The van der Waals surface area contributed by atoms with Crippen molar-refractivity contribution in [1.82, 2.24) is 10.3 Å². The number of nitrogens with one attached hydrogen (secondary N) is 1. The van der Waals surface area contributed by atoms with Crippen LogP contribution in [-0.4, -0.2) is 11.5 Å². The lowest BCUT2D eigenvalue weighted by Crippen LogP contribution is -2.23. The molecule has 2 nitrogen and oxygen atoms in total. The fraction of sp³-hybridized carbons (Fsp3) is 0.267. The van der Waals surface area contributed by atoms with Gasteiger partial charge in [0.2, 0.25) is 0 Å². The predicted molar refractivity (Wildman–Crippen MR) is 70.7 cm³/mol. The van der Waals surface area contributed by atoms with Gasteiger partial charge in [0, 0.05) is 18.4 Å². The molecule has 1 unspecified atom stereocenters. The molecule has 19 heavy (non-hydrogen) atoms. The van der Waals surface area contributed by atoms with Gasteiger partial charge in [0.1, 0.15) is 0 Å². The van der Waals surface area contributed by atoms with Gasteiger partial charge in [-0.1, -0.05) is 19.1 Å². The third kappa shape index (κ3) is 3.58. The second-order valence-electron chi connectivity index (χ2n) is 4.35. The summed E-state index contributed by atoms with van der Waals surface area (Å²) in [6.45, 7) is 2.80. The van der Waals surface area contributed by atoms with Crippen LogP contribution in [0.1, 0.15) is 24.1 Å². The monoisotopic (exact) mass is 262 g/mol. The Hall–Kier alpha value is -1.81. The Bertz CT molecular complexity index is 529. The van der Waals surface area contributed by atoms with Crippen molar-refractivity contribution in [3.05, 3.63) is 65.5 Å². The number of hydrogen-bond acceptors (Lipinski definition) is 2. The van der Waals surface area contributed by atoms with Gasteiger partial charge in [-0.25, -0.2) is 8.78 Å². The summed E-state index contributed by atoms with van der Waals surface area (Å²) in [7, 11) is 0. The minimum Gasteiger partial charge on any atom is -0.310 e. The lowest BCUT2D eigenvalue weighted by atomic mass is 10.00. The zero-order valence-electron chi connectivity index (χ0n) is 10.7. The van der Waals surface area contributed by atoms with Crippen LogP contribution in [0.5, 0.6) is 0 Å². The molecule has 0 aliphatic carbocycles. The van der Waals surface area contributed by atoms with Gasteiger partial charge in [-0.2, -0.15) is 0 Å². The standard InChI is InChI=1S/C15H16F2N2/c1-2-19-15(12-4-3-7-18-10-12)9-11-5-6-13(16)14(17)8-11/h3-8,10,15,19H,2,9H2,1H3. The van der Waals surface area contributed by atoms with Gasteiger partial charge in [-0.15, -0.1) is 0 Å². The largest absolute Gasteiger partial charge is 0.310 e. The molecular weight excluding hydrogens is 246 g/mol. The molecule has 0 saturated heterocycles. The van der Waals surface area contributed by atoms with Crippen molar-refractivity contribution in [2.75, 3.05) is 6.54 Å². The quantitative estimate of drug-likeness (QED) is 0.894.